The number of benzene rings is 1. The summed E-state index contributed by atoms with van der Waals surface area (Å²) < 4.78 is 0. The van der Waals surface area contributed by atoms with E-state index in [0.29, 0.717) is 0 Å². The Morgan fingerprint density at radius 1 is 1.39 bits per heavy atom. The molecule has 1 aromatic carbocycles. The average molecular weight is 262 g/mol. The number of halogens is 1. The fourth-order valence-corrected chi connectivity index (χ4v) is 3.51. The average Bonchev–Trinajstić information content (AvgIpc) is 2.65. The van der Waals surface area contributed by atoms with Crippen molar-refractivity contribution in [1.29, 1.82) is 0 Å². The van der Waals surface area contributed by atoms with Crippen molar-refractivity contribution in [2.24, 2.45) is 11.8 Å². The van der Waals surface area contributed by atoms with Gasteiger partial charge in [0.25, 0.3) is 0 Å². The molecule has 96 valence electrons. The third kappa shape index (κ3) is 2.16. The maximum absolute atomic E-state index is 6.10. The van der Waals surface area contributed by atoms with Crippen LogP contribution in [0, 0.1) is 11.8 Å². The second-order valence-electron chi connectivity index (χ2n) is 6.01. The Bertz CT molecular complexity index is 568. The maximum Gasteiger partial charge on any atom is 0.0460 e. The van der Waals surface area contributed by atoms with Gasteiger partial charge < -0.3 is 4.98 Å². The molecule has 0 spiro atoms. The van der Waals surface area contributed by atoms with Gasteiger partial charge in [0.05, 0.1) is 0 Å². The predicted molar refractivity (Wildman–Crippen MR) is 78.3 cm³/mol. The van der Waals surface area contributed by atoms with Crippen molar-refractivity contribution in [2.45, 2.75) is 39.5 Å². The molecule has 0 bridgehead atoms. The second-order valence-corrected chi connectivity index (χ2v) is 6.45. The Labute approximate surface area is 114 Å². The largest absolute Gasteiger partial charge is 0.358 e. The Kier molecular flexibility index (Phi) is 3.11. The van der Waals surface area contributed by atoms with Crippen molar-refractivity contribution >= 4 is 22.5 Å². The van der Waals surface area contributed by atoms with E-state index >= 15 is 0 Å². The van der Waals surface area contributed by atoms with Crippen LogP contribution in [0.1, 0.15) is 37.9 Å². The minimum absolute atomic E-state index is 0.801. The van der Waals surface area contributed by atoms with Crippen molar-refractivity contribution in [2.75, 3.05) is 0 Å². The van der Waals surface area contributed by atoms with Gasteiger partial charge in [-0.25, -0.2) is 0 Å². The molecule has 1 aromatic heterocycles. The van der Waals surface area contributed by atoms with Gasteiger partial charge in [-0.2, -0.15) is 0 Å². The van der Waals surface area contributed by atoms with E-state index in [1.54, 1.807) is 0 Å². The number of aryl methyl sites for hydroxylation is 1. The predicted octanol–water partition coefficient (Wildman–Crippen LogP) is 4.97. The summed E-state index contributed by atoms with van der Waals surface area (Å²) in [5, 5.41) is 2.18. The third-order valence-electron chi connectivity index (χ3n) is 4.06. The molecule has 18 heavy (non-hydrogen) atoms. The van der Waals surface area contributed by atoms with Crippen LogP contribution in [-0.4, -0.2) is 4.98 Å². The first-order valence-electron chi connectivity index (χ1n) is 6.92. The normalized spacial score (nSPS) is 19.4. The first-order valence-corrected chi connectivity index (χ1v) is 7.30. The van der Waals surface area contributed by atoms with Crippen LogP contribution in [-0.2, 0) is 12.8 Å². The standard InChI is InChI=1S/C16H20ClN/c1-10(2)7-11-3-5-13-14-9-12(17)4-6-15(14)18-16(13)8-11/h4,6,9-11,18H,3,5,7-8H2,1-2H3. The quantitative estimate of drug-likeness (QED) is 0.785. The highest BCUT2D eigenvalue weighted by Crippen LogP contribution is 2.34. The van der Waals surface area contributed by atoms with Crippen molar-refractivity contribution in [3.63, 3.8) is 0 Å². The van der Waals surface area contributed by atoms with E-state index in [9.17, 15) is 0 Å². The van der Waals surface area contributed by atoms with Gasteiger partial charge in [0.2, 0.25) is 0 Å². The Morgan fingerprint density at radius 2 is 2.22 bits per heavy atom. The molecule has 1 atom stereocenters. The molecule has 0 amide bonds. The SMILES string of the molecule is CC(C)CC1CCc2c([nH]c3ccc(Cl)cc23)C1. The lowest BCUT2D eigenvalue weighted by Gasteiger charge is -2.23. The summed E-state index contributed by atoms with van der Waals surface area (Å²) in [5.41, 5.74) is 4.20. The summed E-state index contributed by atoms with van der Waals surface area (Å²) in [4.78, 5) is 3.59. The van der Waals surface area contributed by atoms with Crippen molar-refractivity contribution in [3.05, 3.63) is 34.5 Å². The number of aromatic nitrogens is 1. The summed E-state index contributed by atoms with van der Waals surface area (Å²) in [7, 11) is 0. The van der Waals surface area contributed by atoms with Gasteiger partial charge in [0.15, 0.2) is 0 Å². The second kappa shape index (κ2) is 4.62. The fourth-order valence-electron chi connectivity index (χ4n) is 3.34. The molecule has 2 aromatic rings. The fraction of sp³-hybridized carbons (Fsp3) is 0.500. The molecule has 0 fully saturated rings. The third-order valence-corrected chi connectivity index (χ3v) is 4.29. The van der Waals surface area contributed by atoms with E-state index in [0.717, 1.165) is 16.9 Å². The Hall–Kier alpha value is -0.950. The van der Waals surface area contributed by atoms with E-state index < -0.39 is 0 Å². The van der Waals surface area contributed by atoms with Crippen LogP contribution in [0.2, 0.25) is 5.02 Å². The van der Waals surface area contributed by atoms with Crippen LogP contribution in [0.4, 0.5) is 0 Å². The highest BCUT2D eigenvalue weighted by atomic mass is 35.5. The number of rotatable bonds is 2. The van der Waals surface area contributed by atoms with Crippen molar-refractivity contribution in [1.82, 2.24) is 4.98 Å². The highest BCUT2D eigenvalue weighted by Gasteiger charge is 2.22. The van der Waals surface area contributed by atoms with Crippen LogP contribution < -0.4 is 0 Å². The molecule has 3 rings (SSSR count). The van der Waals surface area contributed by atoms with Gasteiger partial charge in [-0.1, -0.05) is 25.4 Å². The zero-order valence-electron chi connectivity index (χ0n) is 11.1. The molecule has 1 heterocycles. The molecule has 0 radical (unpaired) electrons. The van der Waals surface area contributed by atoms with Gasteiger partial charge in [0, 0.05) is 21.6 Å². The van der Waals surface area contributed by atoms with Gasteiger partial charge in [0.1, 0.15) is 0 Å². The van der Waals surface area contributed by atoms with E-state index in [-0.39, 0.29) is 0 Å². The number of hydrogen-bond acceptors (Lipinski definition) is 0. The number of H-pyrrole nitrogens is 1. The maximum atomic E-state index is 6.10. The summed E-state index contributed by atoms with van der Waals surface area (Å²) in [6.07, 6.45) is 5.08. The van der Waals surface area contributed by atoms with Gasteiger partial charge in [-0.15, -0.1) is 0 Å². The van der Waals surface area contributed by atoms with Gasteiger partial charge in [-0.3, -0.25) is 0 Å². The van der Waals surface area contributed by atoms with Crippen LogP contribution in [0.3, 0.4) is 0 Å². The van der Waals surface area contributed by atoms with Crippen LogP contribution in [0.25, 0.3) is 10.9 Å². The minimum Gasteiger partial charge on any atom is -0.358 e. The molecular formula is C16H20ClN. The smallest absolute Gasteiger partial charge is 0.0460 e. The molecule has 1 N–H and O–H groups in total. The van der Waals surface area contributed by atoms with Crippen LogP contribution in [0.15, 0.2) is 18.2 Å². The monoisotopic (exact) mass is 261 g/mol. The zero-order valence-corrected chi connectivity index (χ0v) is 11.8. The van der Waals surface area contributed by atoms with Crippen molar-refractivity contribution < 1.29 is 0 Å². The number of fused-ring (bicyclic) bond motifs is 3. The first-order chi connectivity index (χ1) is 8.63. The Morgan fingerprint density at radius 3 is 3.00 bits per heavy atom. The number of nitrogens with one attached hydrogen (secondary N) is 1. The van der Waals surface area contributed by atoms with E-state index in [1.807, 2.05) is 6.07 Å². The van der Waals surface area contributed by atoms with Crippen LogP contribution >= 0.6 is 11.6 Å². The van der Waals surface area contributed by atoms with Crippen LogP contribution in [0.5, 0.6) is 0 Å². The lowest BCUT2D eigenvalue weighted by molar-refractivity contribution is 0.368. The zero-order chi connectivity index (χ0) is 12.7. The van der Waals surface area contributed by atoms with Gasteiger partial charge >= 0.3 is 0 Å². The van der Waals surface area contributed by atoms with E-state index in [4.69, 9.17) is 11.6 Å². The summed E-state index contributed by atoms with van der Waals surface area (Å²) >= 11 is 6.10. The van der Waals surface area contributed by atoms with Gasteiger partial charge in [-0.05, 0) is 61.3 Å². The molecule has 0 saturated heterocycles. The molecule has 1 aliphatic carbocycles. The molecule has 0 saturated carbocycles. The van der Waals surface area contributed by atoms with E-state index in [1.165, 1.54) is 47.8 Å². The summed E-state index contributed by atoms with van der Waals surface area (Å²) in [5.74, 6) is 1.65. The molecular weight excluding hydrogens is 242 g/mol. The topological polar surface area (TPSA) is 15.8 Å². The number of hydrogen-bond donors (Lipinski definition) is 1. The summed E-state index contributed by atoms with van der Waals surface area (Å²) in [6, 6.07) is 6.18. The Balaban J connectivity index is 1.95. The molecule has 2 heteroatoms. The lowest BCUT2D eigenvalue weighted by atomic mass is 9.82. The highest BCUT2D eigenvalue weighted by molar-refractivity contribution is 6.31. The van der Waals surface area contributed by atoms with Crippen molar-refractivity contribution in [3.8, 4) is 0 Å². The lowest BCUT2D eigenvalue weighted by Crippen LogP contribution is -2.15. The molecule has 1 nitrogen and oxygen atoms in total. The minimum atomic E-state index is 0.801. The number of aromatic amines is 1. The molecule has 1 aliphatic rings. The molecule has 1 unspecified atom stereocenters. The summed E-state index contributed by atoms with van der Waals surface area (Å²) in [6.45, 7) is 4.64. The molecule has 0 aliphatic heterocycles. The van der Waals surface area contributed by atoms with E-state index in [2.05, 4.69) is 31.0 Å². The first kappa shape index (κ1) is 12.1.